The van der Waals surface area contributed by atoms with Crippen LogP contribution in [-0.2, 0) is 6.37 Å². The van der Waals surface area contributed by atoms with E-state index in [0.29, 0.717) is 11.8 Å². The fraction of sp³-hybridized carbons (Fsp3) is 0.684. The summed E-state index contributed by atoms with van der Waals surface area (Å²) in [6.07, 6.45) is -14.2. The number of nitrogens with zero attached hydrogens (tertiary/aromatic N) is 1. The summed E-state index contributed by atoms with van der Waals surface area (Å²) in [5.41, 5.74) is -1.04. The van der Waals surface area contributed by atoms with Crippen molar-refractivity contribution in [3.8, 4) is 11.5 Å². The highest BCUT2D eigenvalue weighted by Gasteiger charge is 2.38. The van der Waals surface area contributed by atoms with Crippen molar-refractivity contribution in [2.45, 2.75) is 45.0 Å². The average molecular weight is 337 g/mol. The second-order valence-electron chi connectivity index (χ2n) is 5.18. The standard InChI is InChI=1S/C19H29NO3/c1-12(2)7-14-11-20-6-5-13-8-18(22-3)19(23-4)9-15(13)16(20)10-17(14)21/h8-9,12,14,16-17,21H,5-7,10-11H2,1-4H3/i1D3,4D3,5D2,6D2,7D2,10D2,12D,14D,17D. The molecule has 4 nitrogen and oxygen atoms in total. The highest BCUT2D eigenvalue weighted by atomic mass is 16.5. The van der Waals surface area contributed by atoms with E-state index in [1.54, 1.807) is 0 Å². The molecule has 1 fully saturated rings. The Balaban J connectivity index is 2.41. The molecule has 0 bridgehead atoms. The van der Waals surface area contributed by atoms with Crippen molar-refractivity contribution in [3.63, 3.8) is 0 Å². The highest BCUT2D eigenvalue weighted by molar-refractivity contribution is 5.49. The van der Waals surface area contributed by atoms with E-state index in [-0.39, 0.29) is 5.75 Å². The molecule has 1 aromatic rings. The number of aryl methyl sites for hydroxylation is 1. The fourth-order valence-corrected chi connectivity index (χ4v) is 2.59. The van der Waals surface area contributed by atoms with Crippen molar-refractivity contribution in [2.24, 2.45) is 11.8 Å². The smallest absolute Gasteiger partial charge is 0.161 e. The molecule has 1 saturated heterocycles. The van der Waals surface area contributed by atoms with Crippen LogP contribution in [0, 0.1) is 11.8 Å². The molecule has 0 saturated carbocycles. The lowest BCUT2D eigenvalue weighted by atomic mass is 9.79. The zero-order chi connectivity index (χ0) is 31.5. The van der Waals surface area contributed by atoms with Crippen LogP contribution in [0.1, 0.15) is 67.0 Å². The van der Waals surface area contributed by atoms with Crippen LogP contribution in [0.4, 0.5) is 0 Å². The van der Waals surface area contributed by atoms with E-state index in [1.807, 2.05) is 0 Å². The molecule has 1 aromatic carbocycles. The largest absolute Gasteiger partial charge is 0.493 e. The molecule has 0 amide bonds. The minimum atomic E-state index is -3.87. The molecule has 2 aliphatic heterocycles. The number of aliphatic hydroxyl groups is 1. The Bertz CT molecular complexity index is 1180. The van der Waals surface area contributed by atoms with Gasteiger partial charge in [-0.2, -0.15) is 0 Å². The van der Waals surface area contributed by atoms with E-state index in [4.69, 9.17) is 32.8 Å². The number of hydrogen-bond donors (Lipinski definition) is 1. The van der Waals surface area contributed by atoms with E-state index >= 15 is 0 Å². The van der Waals surface area contributed by atoms with Crippen molar-refractivity contribution in [1.82, 2.24) is 4.90 Å². The molecule has 3 rings (SSSR count). The number of fused-ring (bicyclic) bond motifs is 3. The molecule has 4 atom stereocenters. The molecular weight excluding hydrogens is 290 g/mol. The molecule has 128 valence electrons. The first-order valence-electron chi connectivity index (χ1n) is 15.4. The summed E-state index contributed by atoms with van der Waals surface area (Å²) in [6.45, 7) is -7.60. The molecule has 1 N–H and O–H groups in total. The van der Waals surface area contributed by atoms with Gasteiger partial charge in [0.15, 0.2) is 11.5 Å². The Morgan fingerprint density at radius 3 is 3.13 bits per heavy atom. The molecule has 2 heterocycles. The van der Waals surface area contributed by atoms with Crippen molar-refractivity contribution >= 4 is 0 Å². The summed E-state index contributed by atoms with van der Waals surface area (Å²) >= 11 is 0. The van der Waals surface area contributed by atoms with Gasteiger partial charge in [0.25, 0.3) is 0 Å². The van der Waals surface area contributed by atoms with Gasteiger partial charge in [-0.15, -0.1) is 0 Å². The Morgan fingerprint density at radius 2 is 2.39 bits per heavy atom. The molecule has 0 radical (unpaired) electrons. The maximum absolute atomic E-state index is 11.3. The van der Waals surface area contributed by atoms with Gasteiger partial charge in [0.2, 0.25) is 0 Å². The van der Waals surface area contributed by atoms with Gasteiger partial charge in [-0.25, -0.2) is 0 Å². The SMILES string of the molecule is [2H]C([2H])([2H])Oc1cc2c(cc1OC)C([2H])([2H])C([2H])([2H])N1CC([2H])(C([2H])([2H])C([2H])(C)C([2H])([2H])[2H])C([2H])(O)C([2H])([2H])C21. The predicted molar refractivity (Wildman–Crippen MR) is 91.1 cm³/mol. The van der Waals surface area contributed by atoms with E-state index < -0.39 is 86.8 Å². The molecule has 0 aromatic heterocycles. The second-order valence-corrected chi connectivity index (χ2v) is 5.18. The number of benzene rings is 1. The van der Waals surface area contributed by atoms with Crippen molar-refractivity contribution < 1.29 is 37.9 Å². The monoisotopic (exact) mass is 336 g/mol. The third-order valence-electron chi connectivity index (χ3n) is 3.61. The lowest BCUT2D eigenvalue weighted by Crippen LogP contribution is -2.48. The molecule has 4 unspecified atom stereocenters. The van der Waals surface area contributed by atoms with Gasteiger partial charge in [0, 0.05) is 36.9 Å². The van der Waals surface area contributed by atoms with E-state index in [9.17, 15) is 5.11 Å². The zero-order valence-electron chi connectivity index (χ0n) is 29.7. The van der Waals surface area contributed by atoms with Gasteiger partial charge in [-0.3, -0.25) is 4.90 Å². The van der Waals surface area contributed by atoms with Gasteiger partial charge in [-0.05, 0) is 54.2 Å². The lowest BCUT2D eigenvalue weighted by Gasteiger charge is -2.46. The average Bonchev–Trinajstić information content (AvgIpc) is 2.74. The first-order valence-corrected chi connectivity index (χ1v) is 6.88. The van der Waals surface area contributed by atoms with E-state index in [2.05, 4.69) is 0 Å². The molecule has 23 heavy (non-hydrogen) atoms. The van der Waals surface area contributed by atoms with Crippen molar-refractivity contribution in [2.75, 3.05) is 27.2 Å². The number of hydrogen-bond acceptors (Lipinski definition) is 4. The van der Waals surface area contributed by atoms with Crippen LogP contribution in [-0.4, -0.2) is 43.3 Å². The zero-order valence-corrected chi connectivity index (χ0v) is 12.7. The highest BCUT2D eigenvalue weighted by Crippen LogP contribution is 2.43. The third-order valence-corrected chi connectivity index (χ3v) is 3.61. The maximum Gasteiger partial charge on any atom is 0.161 e. The minimum Gasteiger partial charge on any atom is -0.493 e. The van der Waals surface area contributed by atoms with Crippen molar-refractivity contribution in [1.29, 1.82) is 0 Å². The molecular formula is C19H29NO3. The van der Waals surface area contributed by atoms with Crippen LogP contribution >= 0.6 is 0 Å². The van der Waals surface area contributed by atoms with Crippen LogP contribution in [0.15, 0.2) is 12.1 Å². The molecule has 0 spiro atoms. The van der Waals surface area contributed by atoms with Crippen LogP contribution in [0.3, 0.4) is 0 Å². The Hall–Kier alpha value is -1.26. The lowest BCUT2D eigenvalue weighted by molar-refractivity contribution is -0.0191. The first-order chi connectivity index (χ1) is 17.5. The summed E-state index contributed by atoms with van der Waals surface area (Å²) in [5.74, 6) is -7.71. The summed E-state index contributed by atoms with van der Waals surface area (Å²) < 4.78 is 150. The van der Waals surface area contributed by atoms with Gasteiger partial charge in [0.1, 0.15) is 0 Å². The Labute approximate surface area is 163 Å². The van der Waals surface area contributed by atoms with E-state index in [1.165, 1.54) is 0 Å². The third kappa shape index (κ3) is 3.20. The first kappa shape index (κ1) is 5.63. The molecule has 2 aliphatic rings. The summed E-state index contributed by atoms with van der Waals surface area (Å²) in [7, 11) is -1.97. The van der Waals surface area contributed by atoms with Gasteiger partial charge in [-0.1, -0.05) is 13.8 Å². The quantitative estimate of drug-likeness (QED) is 0.918. The Kier molecular flexibility index (Phi) is 1.64. The van der Waals surface area contributed by atoms with Crippen LogP contribution < -0.4 is 9.47 Å². The van der Waals surface area contributed by atoms with Crippen molar-refractivity contribution in [3.05, 3.63) is 23.3 Å². The Morgan fingerprint density at radius 1 is 1.57 bits per heavy atom. The summed E-state index contributed by atoms with van der Waals surface area (Å²) in [5, 5.41) is 11.3. The summed E-state index contributed by atoms with van der Waals surface area (Å²) in [6, 6.07) is -0.406. The normalized spacial score (nSPS) is 55.6. The number of piperidine rings is 1. The fourth-order valence-electron chi connectivity index (χ4n) is 2.59. The van der Waals surface area contributed by atoms with Gasteiger partial charge >= 0.3 is 0 Å². The number of ether oxygens (including phenoxy) is 2. The predicted octanol–water partition coefficient (Wildman–Crippen LogP) is 3.03. The molecule has 0 aliphatic carbocycles. The maximum atomic E-state index is 11.3. The van der Waals surface area contributed by atoms with Gasteiger partial charge < -0.3 is 14.6 Å². The van der Waals surface area contributed by atoms with Crippen LogP contribution in [0.5, 0.6) is 11.5 Å². The van der Waals surface area contributed by atoms with Crippen LogP contribution in [0.2, 0.25) is 0 Å². The topological polar surface area (TPSA) is 41.9 Å². The van der Waals surface area contributed by atoms with Gasteiger partial charge in [0.05, 0.1) is 25.7 Å². The van der Waals surface area contributed by atoms with E-state index in [0.717, 1.165) is 19.2 Å². The second kappa shape index (κ2) is 6.70. The van der Waals surface area contributed by atoms with Crippen LogP contribution in [0.25, 0.3) is 0 Å². The number of methoxy groups -OCH3 is 2. The number of rotatable bonds is 4. The molecule has 4 heteroatoms. The summed E-state index contributed by atoms with van der Waals surface area (Å²) in [4.78, 5) is 0.365. The minimum absolute atomic E-state index is 0.352.